The molecule has 0 spiro atoms. The number of hydroxylamine groups is 2. The van der Waals surface area contributed by atoms with Gasteiger partial charge in [0.05, 0.1) is 12.6 Å². The normalized spacial score (nSPS) is 20.2. The van der Waals surface area contributed by atoms with Crippen LogP contribution in [0.2, 0.25) is 0 Å². The Morgan fingerprint density at radius 1 is 1.25 bits per heavy atom. The second kappa shape index (κ2) is 9.40. The van der Waals surface area contributed by atoms with E-state index >= 15 is 0 Å². The molecule has 18 heteroatoms. The van der Waals surface area contributed by atoms with E-state index in [-0.39, 0.29) is 38.2 Å². The third-order valence-corrected chi connectivity index (χ3v) is 4.98. The Hall–Kier alpha value is -3.38. The maximum atomic E-state index is 12.5. The number of nitrogens with zero attached hydrogens (tertiary/aromatic N) is 6. The summed E-state index contributed by atoms with van der Waals surface area (Å²) in [5.41, 5.74) is 4.34. The van der Waals surface area contributed by atoms with E-state index in [1.54, 1.807) is 6.92 Å². The van der Waals surface area contributed by atoms with Crippen molar-refractivity contribution in [2.75, 3.05) is 13.2 Å². The SMILES string of the molecule is CCOC(=O)Cc1nnnn1CC(=O)NNC(=O)C1CCC2CN1C(=O)N2OS(=O)(=O)O. The number of piperidine rings is 1. The zero-order valence-corrected chi connectivity index (χ0v) is 17.5. The van der Waals surface area contributed by atoms with Gasteiger partial charge < -0.3 is 9.64 Å². The lowest BCUT2D eigenvalue weighted by Gasteiger charge is -2.29. The van der Waals surface area contributed by atoms with Gasteiger partial charge in [0, 0.05) is 6.54 Å². The van der Waals surface area contributed by atoms with E-state index in [9.17, 15) is 27.6 Å². The molecule has 2 atom stereocenters. The molecular formula is C14H20N8O9S. The molecule has 2 unspecified atom stereocenters. The summed E-state index contributed by atoms with van der Waals surface area (Å²) < 4.78 is 40.8. The van der Waals surface area contributed by atoms with Gasteiger partial charge in [-0.25, -0.2) is 9.48 Å². The van der Waals surface area contributed by atoms with Crippen LogP contribution in [0.3, 0.4) is 0 Å². The number of hydrogen-bond donors (Lipinski definition) is 3. The van der Waals surface area contributed by atoms with Gasteiger partial charge in [-0.3, -0.25) is 29.8 Å². The highest BCUT2D eigenvalue weighted by atomic mass is 32.3. The third-order valence-electron chi connectivity index (χ3n) is 4.63. The number of hydrazine groups is 1. The zero-order chi connectivity index (χ0) is 23.5. The molecule has 176 valence electrons. The summed E-state index contributed by atoms with van der Waals surface area (Å²) in [6, 6.07) is -2.56. The van der Waals surface area contributed by atoms with Crippen LogP contribution < -0.4 is 10.9 Å². The Kier molecular flexibility index (Phi) is 6.84. The van der Waals surface area contributed by atoms with Crippen molar-refractivity contribution >= 4 is 34.2 Å². The molecule has 2 aliphatic rings. The zero-order valence-electron chi connectivity index (χ0n) is 16.7. The van der Waals surface area contributed by atoms with Gasteiger partial charge in [0.15, 0.2) is 5.82 Å². The first-order chi connectivity index (χ1) is 15.1. The van der Waals surface area contributed by atoms with Crippen LogP contribution in [0.4, 0.5) is 4.79 Å². The Balaban J connectivity index is 1.52. The number of nitrogens with one attached hydrogen (secondary N) is 2. The highest BCUT2D eigenvalue weighted by Crippen LogP contribution is 2.30. The molecule has 2 saturated heterocycles. The lowest BCUT2D eigenvalue weighted by molar-refractivity contribution is -0.142. The molecule has 3 rings (SSSR count). The molecule has 3 heterocycles. The summed E-state index contributed by atoms with van der Waals surface area (Å²) in [6.45, 7) is 1.40. The monoisotopic (exact) mass is 476 g/mol. The Bertz CT molecular complexity index is 1010. The Morgan fingerprint density at radius 2 is 2.00 bits per heavy atom. The minimum atomic E-state index is -4.90. The quantitative estimate of drug-likeness (QED) is 0.193. The minimum Gasteiger partial charge on any atom is -0.466 e. The Labute approximate surface area is 180 Å². The predicted molar refractivity (Wildman–Crippen MR) is 97.8 cm³/mol. The van der Waals surface area contributed by atoms with Crippen molar-refractivity contribution in [3.63, 3.8) is 0 Å². The number of hydrogen-bond acceptors (Lipinski definition) is 11. The summed E-state index contributed by atoms with van der Waals surface area (Å²) in [7, 11) is -4.90. The summed E-state index contributed by atoms with van der Waals surface area (Å²) in [6.07, 6.45) is 0.148. The highest BCUT2D eigenvalue weighted by molar-refractivity contribution is 7.80. The van der Waals surface area contributed by atoms with Gasteiger partial charge in [0.1, 0.15) is 19.0 Å². The fraction of sp³-hybridized carbons (Fsp3) is 0.643. The van der Waals surface area contributed by atoms with Crippen LogP contribution in [-0.2, 0) is 46.8 Å². The lowest BCUT2D eigenvalue weighted by Crippen LogP contribution is -2.54. The molecule has 2 aliphatic heterocycles. The molecular weight excluding hydrogens is 456 g/mol. The van der Waals surface area contributed by atoms with Crippen molar-refractivity contribution in [1.82, 2.24) is 41.0 Å². The molecule has 2 fully saturated rings. The molecule has 1 aromatic rings. The Morgan fingerprint density at radius 3 is 2.69 bits per heavy atom. The lowest BCUT2D eigenvalue weighted by atomic mass is 10.0. The molecule has 3 N–H and O–H groups in total. The molecule has 0 saturated carbocycles. The topological polar surface area (TPSA) is 215 Å². The van der Waals surface area contributed by atoms with Crippen molar-refractivity contribution in [3.8, 4) is 0 Å². The number of fused-ring (bicyclic) bond motifs is 2. The van der Waals surface area contributed by atoms with E-state index in [4.69, 9.17) is 9.29 Å². The maximum Gasteiger partial charge on any atom is 0.418 e. The van der Waals surface area contributed by atoms with Gasteiger partial charge >= 0.3 is 22.4 Å². The number of amides is 4. The van der Waals surface area contributed by atoms with E-state index in [1.165, 1.54) is 0 Å². The van der Waals surface area contributed by atoms with Crippen molar-refractivity contribution in [1.29, 1.82) is 0 Å². The molecule has 17 nitrogen and oxygen atoms in total. The molecule has 0 aliphatic carbocycles. The van der Waals surface area contributed by atoms with Crippen molar-refractivity contribution in [3.05, 3.63) is 5.82 Å². The van der Waals surface area contributed by atoms with Crippen LogP contribution in [0.5, 0.6) is 0 Å². The smallest absolute Gasteiger partial charge is 0.418 e. The van der Waals surface area contributed by atoms with Crippen molar-refractivity contribution in [2.45, 2.75) is 44.8 Å². The number of ether oxygens (including phenoxy) is 1. The largest absolute Gasteiger partial charge is 0.466 e. The van der Waals surface area contributed by atoms with Crippen LogP contribution in [0.1, 0.15) is 25.6 Å². The van der Waals surface area contributed by atoms with E-state index in [0.29, 0.717) is 5.06 Å². The summed E-state index contributed by atoms with van der Waals surface area (Å²) in [5, 5.41) is 11.1. The average molecular weight is 476 g/mol. The van der Waals surface area contributed by atoms with E-state index in [0.717, 1.165) is 9.58 Å². The number of carbonyl (C=O) groups is 4. The average Bonchev–Trinajstić information content (AvgIpc) is 3.23. The van der Waals surface area contributed by atoms with Crippen molar-refractivity contribution in [2.24, 2.45) is 0 Å². The summed E-state index contributed by atoms with van der Waals surface area (Å²) in [4.78, 5) is 49.5. The first-order valence-corrected chi connectivity index (χ1v) is 10.7. The number of esters is 1. The van der Waals surface area contributed by atoms with Crippen LogP contribution in [0, 0.1) is 0 Å². The standard InChI is InChI=1S/C14H20N8O9S/c1-2-30-12(24)5-10-15-18-19-21(10)7-11(23)16-17-13(25)9-4-3-8-6-20(9)14(26)22(8)31-32(27,28)29/h8-9H,2-7H2,1H3,(H,16,23)(H,17,25)(H,27,28,29). The molecule has 0 aromatic carbocycles. The molecule has 2 bridgehead atoms. The van der Waals surface area contributed by atoms with Crippen LogP contribution >= 0.6 is 0 Å². The van der Waals surface area contributed by atoms with E-state index in [2.05, 4.69) is 30.7 Å². The molecule has 4 amide bonds. The third kappa shape index (κ3) is 5.45. The van der Waals surface area contributed by atoms with Gasteiger partial charge in [-0.05, 0) is 30.2 Å². The minimum absolute atomic E-state index is 0.00221. The van der Waals surface area contributed by atoms with E-state index in [1.807, 2.05) is 0 Å². The second-order valence-electron chi connectivity index (χ2n) is 6.78. The second-order valence-corrected chi connectivity index (χ2v) is 7.79. The number of tetrazole rings is 1. The predicted octanol–water partition coefficient (Wildman–Crippen LogP) is -3.07. The van der Waals surface area contributed by atoms with Gasteiger partial charge in [0.25, 0.3) is 11.8 Å². The number of urea groups is 1. The summed E-state index contributed by atoms with van der Waals surface area (Å²) in [5.74, 6) is -1.92. The molecule has 32 heavy (non-hydrogen) atoms. The number of carbonyl (C=O) groups excluding carboxylic acids is 4. The molecule has 0 radical (unpaired) electrons. The van der Waals surface area contributed by atoms with Crippen molar-refractivity contribution < 1.29 is 41.2 Å². The summed E-state index contributed by atoms with van der Waals surface area (Å²) >= 11 is 0. The van der Waals surface area contributed by atoms with Gasteiger partial charge in [-0.1, -0.05) is 0 Å². The van der Waals surface area contributed by atoms with Crippen LogP contribution in [-0.4, -0.2) is 92.2 Å². The maximum absolute atomic E-state index is 12.5. The van der Waals surface area contributed by atoms with Crippen LogP contribution in [0.15, 0.2) is 0 Å². The highest BCUT2D eigenvalue weighted by Gasteiger charge is 2.49. The first-order valence-electron chi connectivity index (χ1n) is 9.35. The number of aromatic nitrogens is 4. The van der Waals surface area contributed by atoms with Gasteiger partial charge in [-0.2, -0.15) is 13.5 Å². The fourth-order valence-electron chi connectivity index (χ4n) is 3.31. The number of rotatable bonds is 8. The molecule has 1 aromatic heterocycles. The first kappa shape index (κ1) is 23.3. The van der Waals surface area contributed by atoms with Gasteiger partial charge in [0.2, 0.25) is 0 Å². The van der Waals surface area contributed by atoms with Crippen LogP contribution in [0.25, 0.3) is 0 Å². The van der Waals surface area contributed by atoms with E-state index < -0.39 is 52.8 Å². The fourth-order valence-corrected chi connectivity index (χ4v) is 3.70. The van der Waals surface area contributed by atoms with Gasteiger partial charge in [-0.15, -0.1) is 9.38 Å².